The molecule has 2 aliphatic heterocycles. The molecule has 3 atom stereocenters. The lowest BCUT2D eigenvalue weighted by atomic mass is 9.98. The van der Waals surface area contributed by atoms with Gasteiger partial charge in [0, 0.05) is 19.2 Å². The second kappa shape index (κ2) is 8.12. The molecule has 29 heavy (non-hydrogen) atoms. The van der Waals surface area contributed by atoms with E-state index in [1.807, 2.05) is 16.8 Å². The average Bonchev–Trinajstić information content (AvgIpc) is 3.28. The number of ether oxygens (including phenoxy) is 2. The zero-order chi connectivity index (χ0) is 20.6. The number of rotatable bonds is 5. The third kappa shape index (κ3) is 4.22. The van der Waals surface area contributed by atoms with E-state index in [0.29, 0.717) is 23.6 Å². The molecule has 2 aromatic heterocycles. The average molecular weight is 429 g/mol. The third-order valence-corrected chi connectivity index (χ3v) is 5.81. The maximum Gasteiger partial charge on any atom is 0.323 e. The van der Waals surface area contributed by atoms with Gasteiger partial charge in [0.05, 0.1) is 24.6 Å². The highest BCUT2D eigenvalue weighted by molar-refractivity contribution is 6.33. The van der Waals surface area contributed by atoms with E-state index >= 15 is 0 Å². The van der Waals surface area contributed by atoms with Gasteiger partial charge >= 0.3 is 5.97 Å². The summed E-state index contributed by atoms with van der Waals surface area (Å²) in [6.45, 7) is 1.73. The first-order chi connectivity index (χ1) is 13.9. The number of carbonyl (C=O) groups excluding carboxylic acids is 1. The molecule has 4 heterocycles. The highest BCUT2D eigenvalue weighted by Crippen LogP contribution is 2.35. The predicted molar refractivity (Wildman–Crippen MR) is 102 cm³/mol. The highest BCUT2D eigenvalue weighted by Gasteiger charge is 2.44. The van der Waals surface area contributed by atoms with E-state index in [4.69, 9.17) is 21.1 Å². The minimum absolute atomic E-state index is 0.0830. The Bertz CT molecular complexity index is 893. The standard InChI is InChI=1S/C19H23ClF2N4O3/c1-2-28-18(27)14-5-7-19(21,22)10-25(14)9-12-3-4-15(29-12)26-8-6-13-16(20)23-11-24-17(13)26/h6,8,11-12,14-15H,2-5,7,9-10H2,1H3. The predicted octanol–water partition coefficient (Wildman–Crippen LogP) is 3.43. The fourth-order valence-electron chi connectivity index (χ4n) is 4.17. The van der Waals surface area contributed by atoms with Crippen LogP contribution in [-0.4, -0.2) is 63.2 Å². The number of fused-ring (bicyclic) bond motifs is 1. The second-order valence-corrected chi connectivity index (χ2v) is 7.86. The number of likely N-dealkylation sites (tertiary alicyclic amines) is 1. The number of halogens is 3. The maximum atomic E-state index is 14.0. The van der Waals surface area contributed by atoms with Crippen molar-refractivity contribution in [2.75, 3.05) is 19.7 Å². The Morgan fingerprint density at radius 2 is 2.21 bits per heavy atom. The van der Waals surface area contributed by atoms with Crippen molar-refractivity contribution in [3.63, 3.8) is 0 Å². The van der Waals surface area contributed by atoms with Crippen LogP contribution in [0, 0.1) is 0 Å². The molecule has 0 saturated carbocycles. The molecule has 2 aliphatic rings. The molecule has 3 unspecified atom stereocenters. The van der Waals surface area contributed by atoms with Crippen molar-refractivity contribution in [3.05, 3.63) is 23.7 Å². The lowest BCUT2D eigenvalue weighted by Crippen LogP contribution is -2.54. The number of esters is 1. The largest absolute Gasteiger partial charge is 0.465 e. The van der Waals surface area contributed by atoms with Gasteiger partial charge < -0.3 is 14.0 Å². The van der Waals surface area contributed by atoms with Crippen LogP contribution in [0.5, 0.6) is 0 Å². The van der Waals surface area contributed by atoms with Gasteiger partial charge in [0.2, 0.25) is 0 Å². The molecule has 0 aromatic carbocycles. The molecule has 158 valence electrons. The molecule has 10 heteroatoms. The lowest BCUT2D eigenvalue weighted by Gasteiger charge is -2.39. The van der Waals surface area contributed by atoms with Crippen LogP contribution in [0.25, 0.3) is 11.0 Å². The first kappa shape index (κ1) is 20.4. The van der Waals surface area contributed by atoms with Gasteiger partial charge in [0.1, 0.15) is 29.4 Å². The van der Waals surface area contributed by atoms with Gasteiger partial charge in [-0.1, -0.05) is 11.6 Å². The quantitative estimate of drug-likeness (QED) is 0.537. The van der Waals surface area contributed by atoms with Crippen molar-refractivity contribution >= 4 is 28.6 Å². The molecule has 0 aliphatic carbocycles. The van der Waals surface area contributed by atoms with E-state index in [1.165, 1.54) is 11.2 Å². The first-order valence-corrected chi connectivity index (χ1v) is 10.2. The summed E-state index contributed by atoms with van der Waals surface area (Å²) in [5.74, 6) is -3.26. The Morgan fingerprint density at radius 3 is 3.00 bits per heavy atom. The number of hydrogen-bond acceptors (Lipinski definition) is 6. The molecule has 0 amide bonds. The fourth-order valence-corrected chi connectivity index (χ4v) is 4.36. The molecule has 4 rings (SSSR count). The number of carbonyl (C=O) groups is 1. The van der Waals surface area contributed by atoms with E-state index < -0.39 is 24.5 Å². The Labute approximate surface area is 171 Å². The van der Waals surface area contributed by atoms with E-state index in [9.17, 15) is 13.6 Å². The van der Waals surface area contributed by atoms with Crippen LogP contribution < -0.4 is 0 Å². The van der Waals surface area contributed by atoms with E-state index in [0.717, 1.165) is 5.39 Å². The summed E-state index contributed by atoms with van der Waals surface area (Å²) in [6, 6.07) is 1.17. The van der Waals surface area contributed by atoms with Gasteiger partial charge in [-0.25, -0.2) is 18.7 Å². The van der Waals surface area contributed by atoms with Crippen molar-refractivity contribution in [3.8, 4) is 0 Å². The van der Waals surface area contributed by atoms with Crippen LogP contribution >= 0.6 is 11.6 Å². The summed E-state index contributed by atoms with van der Waals surface area (Å²) in [7, 11) is 0. The molecule has 0 spiro atoms. The number of aromatic nitrogens is 3. The molecule has 0 radical (unpaired) electrons. The van der Waals surface area contributed by atoms with Crippen molar-refractivity contribution in [1.82, 2.24) is 19.4 Å². The molecular weight excluding hydrogens is 406 g/mol. The van der Waals surface area contributed by atoms with Crippen LogP contribution in [-0.2, 0) is 14.3 Å². The second-order valence-electron chi connectivity index (χ2n) is 7.51. The van der Waals surface area contributed by atoms with Gasteiger partial charge in [-0.2, -0.15) is 0 Å². The molecule has 2 aromatic rings. The van der Waals surface area contributed by atoms with Crippen molar-refractivity contribution in [2.24, 2.45) is 0 Å². The molecule has 0 N–H and O–H groups in total. The van der Waals surface area contributed by atoms with Crippen LogP contribution in [0.4, 0.5) is 8.78 Å². The van der Waals surface area contributed by atoms with Gasteiger partial charge in [0.25, 0.3) is 5.92 Å². The highest BCUT2D eigenvalue weighted by atomic mass is 35.5. The summed E-state index contributed by atoms with van der Waals surface area (Å²) in [4.78, 5) is 22.0. The van der Waals surface area contributed by atoms with Crippen molar-refractivity contribution in [1.29, 1.82) is 0 Å². The summed E-state index contributed by atoms with van der Waals surface area (Å²) < 4.78 is 41.1. The first-order valence-electron chi connectivity index (χ1n) is 9.79. The summed E-state index contributed by atoms with van der Waals surface area (Å²) >= 11 is 6.11. The number of hydrogen-bond donors (Lipinski definition) is 0. The van der Waals surface area contributed by atoms with E-state index in [1.54, 1.807) is 6.92 Å². The van der Waals surface area contributed by atoms with Crippen molar-refractivity contribution < 1.29 is 23.0 Å². The van der Waals surface area contributed by atoms with Crippen molar-refractivity contribution in [2.45, 2.75) is 56.9 Å². The molecular formula is C19H23ClF2N4O3. The minimum Gasteiger partial charge on any atom is -0.465 e. The number of piperidine rings is 1. The Kier molecular flexibility index (Phi) is 5.72. The zero-order valence-corrected chi connectivity index (χ0v) is 16.8. The molecule has 2 fully saturated rings. The van der Waals surface area contributed by atoms with Crippen LogP contribution in [0.15, 0.2) is 18.6 Å². The maximum absolute atomic E-state index is 14.0. The van der Waals surface area contributed by atoms with Gasteiger partial charge in [-0.3, -0.25) is 9.69 Å². The number of alkyl halides is 2. The normalized spacial score (nSPS) is 27.4. The summed E-state index contributed by atoms with van der Waals surface area (Å²) in [6.07, 6.45) is 3.89. The van der Waals surface area contributed by atoms with Gasteiger partial charge in [0.15, 0.2) is 0 Å². The zero-order valence-electron chi connectivity index (χ0n) is 16.1. The summed E-state index contributed by atoms with van der Waals surface area (Å²) in [5.41, 5.74) is 0.671. The monoisotopic (exact) mass is 428 g/mol. The smallest absolute Gasteiger partial charge is 0.323 e. The fraction of sp³-hybridized carbons (Fsp3) is 0.632. The molecule has 0 bridgehead atoms. The molecule has 7 nitrogen and oxygen atoms in total. The van der Waals surface area contributed by atoms with E-state index in [2.05, 4.69) is 9.97 Å². The summed E-state index contributed by atoms with van der Waals surface area (Å²) in [5, 5.41) is 1.11. The van der Waals surface area contributed by atoms with Crippen LogP contribution in [0.3, 0.4) is 0 Å². The SMILES string of the molecule is CCOC(=O)C1CCC(F)(F)CN1CC1CCC(n2ccc3c(Cl)ncnc32)O1. The minimum atomic E-state index is -2.81. The van der Waals surface area contributed by atoms with Gasteiger partial charge in [-0.15, -0.1) is 0 Å². The van der Waals surface area contributed by atoms with Crippen LogP contribution in [0.1, 0.15) is 38.8 Å². The topological polar surface area (TPSA) is 69.5 Å². The Morgan fingerprint density at radius 1 is 1.38 bits per heavy atom. The van der Waals surface area contributed by atoms with E-state index in [-0.39, 0.29) is 38.3 Å². The third-order valence-electron chi connectivity index (χ3n) is 5.51. The lowest BCUT2D eigenvalue weighted by molar-refractivity contribution is -0.159. The Hall–Kier alpha value is -1.84. The number of nitrogens with zero attached hydrogens (tertiary/aromatic N) is 4. The van der Waals surface area contributed by atoms with Crippen LogP contribution in [0.2, 0.25) is 5.15 Å². The Balaban J connectivity index is 1.46. The van der Waals surface area contributed by atoms with Gasteiger partial charge in [-0.05, 0) is 32.3 Å². The molecule has 2 saturated heterocycles.